The van der Waals surface area contributed by atoms with Crippen molar-refractivity contribution in [3.05, 3.63) is 87.3 Å². The van der Waals surface area contributed by atoms with Crippen LogP contribution < -0.4 is 15.6 Å². The molecule has 0 spiro atoms. The highest BCUT2D eigenvalue weighted by molar-refractivity contribution is 7.20. The number of para-hydroxylation sites is 1. The monoisotopic (exact) mass is 563 g/mol. The van der Waals surface area contributed by atoms with Crippen molar-refractivity contribution in [2.75, 3.05) is 25.1 Å². The maximum Gasteiger partial charge on any atom is 0.348 e. The van der Waals surface area contributed by atoms with Crippen molar-refractivity contribution >= 4 is 45.1 Å². The number of nitrogens with one attached hydrogen (secondary N) is 1. The second-order valence-electron chi connectivity index (χ2n) is 8.83. The van der Waals surface area contributed by atoms with E-state index in [1.807, 2.05) is 25.1 Å². The molecule has 0 radical (unpaired) electrons. The van der Waals surface area contributed by atoms with Crippen LogP contribution in [0.3, 0.4) is 0 Å². The molecule has 1 N–H and O–H groups in total. The molecule has 0 saturated carbocycles. The molecule has 2 aromatic carbocycles. The van der Waals surface area contributed by atoms with Crippen LogP contribution in [0.4, 0.5) is 5.69 Å². The predicted octanol–water partition coefficient (Wildman–Crippen LogP) is 4.60. The van der Waals surface area contributed by atoms with Crippen LogP contribution in [0.5, 0.6) is 5.75 Å². The van der Waals surface area contributed by atoms with Crippen molar-refractivity contribution in [3.8, 4) is 5.75 Å². The summed E-state index contributed by atoms with van der Waals surface area (Å²) in [6.45, 7) is 3.96. The van der Waals surface area contributed by atoms with Crippen LogP contribution in [0.25, 0.3) is 10.2 Å². The van der Waals surface area contributed by atoms with Crippen molar-refractivity contribution < 1.29 is 28.6 Å². The number of esters is 2. The molecule has 1 amide bonds. The number of aromatic nitrogens is 2. The Morgan fingerprint density at radius 2 is 1.68 bits per heavy atom. The number of aryl methyl sites for hydroxylation is 1. The third-order valence-electron chi connectivity index (χ3n) is 5.88. The number of rotatable bonds is 12. The highest BCUT2D eigenvalue weighted by Crippen LogP contribution is 2.27. The highest BCUT2D eigenvalue weighted by Gasteiger charge is 2.21. The van der Waals surface area contributed by atoms with Crippen LogP contribution in [0, 0.1) is 6.92 Å². The van der Waals surface area contributed by atoms with E-state index in [0.717, 1.165) is 24.2 Å². The summed E-state index contributed by atoms with van der Waals surface area (Å²) in [6.07, 6.45) is 2.99. The lowest BCUT2D eigenvalue weighted by molar-refractivity contribution is -0.116. The number of hydrogen-bond donors (Lipinski definition) is 1. The van der Waals surface area contributed by atoms with Crippen LogP contribution >= 0.6 is 11.3 Å². The Balaban J connectivity index is 1.36. The summed E-state index contributed by atoms with van der Waals surface area (Å²) in [5, 5.41) is 2.96. The molecule has 208 valence electrons. The van der Waals surface area contributed by atoms with E-state index in [1.54, 1.807) is 43.3 Å². The van der Waals surface area contributed by atoms with Crippen molar-refractivity contribution in [1.29, 1.82) is 0 Å². The number of unbranched alkanes of at least 4 members (excludes halogenated alkanes) is 1. The van der Waals surface area contributed by atoms with Gasteiger partial charge < -0.3 is 19.5 Å². The van der Waals surface area contributed by atoms with Gasteiger partial charge in [0.15, 0.2) is 0 Å². The van der Waals surface area contributed by atoms with Crippen molar-refractivity contribution in [2.24, 2.45) is 0 Å². The van der Waals surface area contributed by atoms with Gasteiger partial charge in [-0.05, 0) is 55.3 Å². The summed E-state index contributed by atoms with van der Waals surface area (Å²) >= 11 is 1.06. The first-order chi connectivity index (χ1) is 19.4. The smallest absolute Gasteiger partial charge is 0.348 e. The normalized spacial score (nSPS) is 10.8. The molecule has 0 aliphatic rings. The summed E-state index contributed by atoms with van der Waals surface area (Å²) in [7, 11) is 0. The molecule has 0 bridgehead atoms. The third kappa shape index (κ3) is 7.11. The maximum atomic E-state index is 13.1. The van der Waals surface area contributed by atoms with Crippen molar-refractivity contribution in [1.82, 2.24) is 9.55 Å². The summed E-state index contributed by atoms with van der Waals surface area (Å²) in [6, 6.07) is 15.5. The Morgan fingerprint density at radius 3 is 2.40 bits per heavy atom. The molecule has 0 saturated heterocycles. The minimum absolute atomic E-state index is 0.0419. The molecule has 0 aliphatic carbocycles. The van der Waals surface area contributed by atoms with Gasteiger partial charge in [-0.2, -0.15) is 0 Å². The molecule has 0 aliphatic heterocycles. The van der Waals surface area contributed by atoms with Crippen LogP contribution in [0.1, 0.15) is 45.4 Å². The fourth-order valence-corrected chi connectivity index (χ4v) is 4.81. The number of carbonyl (C=O) groups excluding carboxylic acids is 3. The van der Waals surface area contributed by atoms with Gasteiger partial charge in [-0.25, -0.2) is 14.6 Å². The van der Waals surface area contributed by atoms with Gasteiger partial charge in [0.1, 0.15) is 35.2 Å². The molecule has 4 rings (SSSR count). The zero-order valence-electron chi connectivity index (χ0n) is 22.2. The van der Waals surface area contributed by atoms with Gasteiger partial charge in [-0.3, -0.25) is 14.2 Å². The van der Waals surface area contributed by atoms with E-state index in [1.165, 1.54) is 10.9 Å². The number of thiophene rings is 1. The van der Waals surface area contributed by atoms with Gasteiger partial charge in [0.25, 0.3) is 5.56 Å². The number of benzene rings is 2. The number of carbonyl (C=O) groups is 3. The minimum Gasteiger partial charge on any atom is -0.490 e. The molecule has 0 unspecified atom stereocenters. The Labute approximate surface area is 234 Å². The van der Waals surface area contributed by atoms with E-state index in [-0.39, 0.29) is 30.0 Å². The molecule has 10 nitrogen and oxygen atoms in total. The summed E-state index contributed by atoms with van der Waals surface area (Å²) in [5.74, 6) is -0.775. The van der Waals surface area contributed by atoms with Crippen LogP contribution in [-0.4, -0.2) is 47.2 Å². The molecule has 2 aromatic heterocycles. The fourth-order valence-electron chi connectivity index (χ4n) is 3.78. The first-order valence-electron chi connectivity index (χ1n) is 12.8. The van der Waals surface area contributed by atoms with Gasteiger partial charge in [-0.1, -0.05) is 31.5 Å². The largest absolute Gasteiger partial charge is 0.490 e. The van der Waals surface area contributed by atoms with Crippen LogP contribution in [0.2, 0.25) is 0 Å². The molecule has 2 heterocycles. The van der Waals surface area contributed by atoms with E-state index < -0.39 is 23.4 Å². The zero-order chi connectivity index (χ0) is 28.5. The number of fused-ring (bicyclic) bond motifs is 1. The lowest BCUT2D eigenvalue weighted by Crippen LogP contribution is -2.28. The van der Waals surface area contributed by atoms with Crippen molar-refractivity contribution in [2.45, 2.75) is 33.2 Å². The molecule has 0 fully saturated rings. The minimum atomic E-state index is -0.571. The first kappa shape index (κ1) is 28.5. The molecular formula is C29H29N3O7S. The summed E-state index contributed by atoms with van der Waals surface area (Å²) in [5.41, 5.74) is 0.851. The standard InChI is InChI=1S/C29H29N3O7S/c1-3-4-14-38-28(35)20-10-12-21(13-11-20)31-23(33)17-32-18-30-26-24(27(32)34)19(2)25(40-26)29(36)39-16-15-37-22-8-6-5-7-9-22/h5-13,18H,3-4,14-17H2,1-2H3,(H,31,33). The fraction of sp³-hybridized carbons (Fsp3) is 0.276. The summed E-state index contributed by atoms with van der Waals surface area (Å²) < 4.78 is 17.2. The Kier molecular flexibility index (Phi) is 9.63. The molecule has 4 aromatic rings. The van der Waals surface area contributed by atoms with Crippen LogP contribution in [0.15, 0.2) is 65.7 Å². The van der Waals surface area contributed by atoms with E-state index >= 15 is 0 Å². The average Bonchev–Trinajstić information content (AvgIpc) is 3.30. The number of nitrogens with zero attached hydrogens (tertiary/aromatic N) is 2. The quantitative estimate of drug-likeness (QED) is 0.196. The van der Waals surface area contributed by atoms with Gasteiger partial charge in [0, 0.05) is 5.69 Å². The van der Waals surface area contributed by atoms with E-state index in [0.29, 0.717) is 34.0 Å². The molecule has 40 heavy (non-hydrogen) atoms. The number of anilines is 1. The van der Waals surface area contributed by atoms with Crippen molar-refractivity contribution in [3.63, 3.8) is 0 Å². The Hall–Kier alpha value is -4.51. The number of ether oxygens (including phenoxy) is 3. The Bertz CT molecular complexity index is 1550. The zero-order valence-corrected chi connectivity index (χ0v) is 23.0. The van der Waals surface area contributed by atoms with Gasteiger partial charge in [0.05, 0.1) is 23.9 Å². The summed E-state index contributed by atoms with van der Waals surface area (Å²) in [4.78, 5) is 55.4. The first-order valence-corrected chi connectivity index (χ1v) is 13.6. The average molecular weight is 564 g/mol. The van der Waals surface area contributed by atoms with E-state index in [4.69, 9.17) is 14.2 Å². The lowest BCUT2D eigenvalue weighted by atomic mass is 10.2. The molecular weight excluding hydrogens is 534 g/mol. The van der Waals surface area contributed by atoms with Gasteiger partial charge in [0.2, 0.25) is 5.91 Å². The lowest BCUT2D eigenvalue weighted by Gasteiger charge is -2.08. The topological polar surface area (TPSA) is 126 Å². The van der Waals surface area contributed by atoms with E-state index in [9.17, 15) is 19.2 Å². The number of amides is 1. The number of hydrogen-bond acceptors (Lipinski definition) is 9. The third-order valence-corrected chi connectivity index (χ3v) is 7.06. The van der Waals surface area contributed by atoms with Gasteiger partial charge in [-0.15, -0.1) is 11.3 Å². The predicted molar refractivity (Wildman–Crippen MR) is 151 cm³/mol. The van der Waals surface area contributed by atoms with Crippen LogP contribution in [-0.2, 0) is 20.8 Å². The molecule has 0 atom stereocenters. The molecule has 11 heteroatoms. The van der Waals surface area contributed by atoms with Gasteiger partial charge >= 0.3 is 11.9 Å². The maximum absolute atomic E-state index is 13.1. The van der Waals surface area contributed by atoms with E-state index in [2.05, 4.69) is 10.3 Å². The second-order valence-corrected chi connectivity index (χ2v) is 9.83. The SMILES string of the molecule is CCCCOC(=O)c1ccc(NC(=O)Cn2cnc3sc(C(=O)OCCOc4ccccc4)c(C)c3c2=O)cc1. The second kappa shape index (κ2) is 13.5. The highest BCUT2D eigenvalue weighted by atomic mass is 32.1. The Morgan fingerprint density at radius 1 is 0.950 bits per heavy atom.